The molecule has 0 aliphatic rings. The Balaban J connectivity index is 2.42. The first-order valence-electron chi connectivity index (χ1n) is 6.05. The third kappa shape index (κ3) is 3.94. The summed E-state index contributed by atoms with van der Waals surface area (Å²) in [7, 11) is 3.36. The fourth-order valence-corrected chi connectivity index (χ4v) is 1.37. The second-order valence-corrected chi connectivity index (χ2v) is 4.65. The van der Waals surface area contributed by atoms with Gasteiger partial charge in [-0.2, -0.15) is 5.10 Å². The topological polar surface area (TPSA) is 68.2 Å². The molecule has 0 saturated carbocycles. The van der Waals surface area contributed by atoms with Crippen molar-refractivity contribution in [3.8, 4) is 5.88 Å². The minimum absolute atomic E-state index is 0.0409. The Labute approximate surface area is 108 Å². The average molecular weight is 254 g/mol. The van der Waals surface area contributed by atoms with E-state index in [0.717, 1.165) is 0 Å². The molecule has 18 heavy (non-hydrogen) atoms. The maximum absolute atomic E-state index is 11.7. The number of methoxy groups -OCH3 is 1. The van der Waals surface area contributed by atoms with Gasteiger partial charge in [-0.1, -0.05) is 13.8 Å². The molecular weight excluding hydrogens is 232 g/mol. The molecule has 1 unspecified atom stereocenters. The minimum atomic E-state index is -0.0409. The molecule has 1 rings (SSSR count). The number of nitrogens with zero attached hydrogens (tertiary/aromatic N) is 2. The van der Waals surface area contributed by atoms with Gasteiger partial charge in [-0.3, -0.25) is 4.79 Å². The number of ether oxygens (including phenoxy) is 1. The Morgan fingerprint density at radius 1 is 1.50 bits per heavy atom. The summed E-state index contributed by atoms with van der Waals surface area (Å²) < 4.78 is 6.70. The minimum Gasteiger partial charge on any atom is -0.481 e. The summed E-state index contributed by atoms with van der Waals surface area (Å²) in [6.07, 6.45) is 0. The molecule has 1 aromatic rings. The van der Waals surface area contributed by atoms with Crippen molar-refractivity contribution in [2.75, 3.05) is 19.0 Å². The molecule has 0 radical (unpaired) electrons. The zero-order valence-electron chi connectivity index (χ0n) is 11.7. The van der Waals surface area contributed by atoms with Crippen molar-refractivity contribution in [3.05, 3.63) is 6.07 Å². The number of aromatic nitrogens is 2. The lowest BCUT2D eigenvalue weighted by Crippen LogP contribution is -2.39. The Hall–Kier alpha value is -1.72. The fourth-order valence-electron chi connectivity index (χ4n) is 1.37. The summed E-state index contributed by atoms with van der Waals surface area (Å²) >= 11 is 0. The van der Waals surface area contributed by atoms with Crippen LogP contribution in [0.25, 0.3) is 0 Å². The molecule has 0 saturated heterocycles. The molecule has 0 bridgehead atoms. The highest BCUT2D eigenvalue weighted by Gasteiger charge is 2.11. The summed E-state index contributed by atoms with van der Waals surface area (Å²) in [5.41, 5.74) is 0. The van der Waals surface area contributed by atoms with E-state index in [1.54, 1.807) is 24.9 Å². The lowest BCUT2D eigenvalue weighted by molar-refractivity contribution is -0.120. The molecule has 1 amide bonds. The van der Waals surface area contributed by atoms with Gasteiger partial charge in [0.2, 0.25) is 11.8 Å². The summed E-state index contributed by atoms with van der Waals surface area (Å²) in [5, 5.41) is 10.0. The van der Waals surface area contributed by atoms with E-state index in [1.165, 1.54) is 0 Å². The number of hydrogen-bond donors (Lipinski definition) is 2. The first kappa shape index (κ1) is 14.3. The third-order valence-corrected chi connectivity index (χ3v) is 2.86. The van der Waals surface area contributed by atoms with Gasteiger partial charge >= 0.3 is 0 Å². The van der Waals surface area contributed by atoms with E-state index < -0.39 is 0 Å². The van der Waals surface area contributed by atoms with E-state index in [0.29, 0.717) is 17.6 Å². The highest BCUT2D eigenvalue weighted by atomic mass is 16.5. The van der Waals surface area contributed by atoms with Crippen LogP contribution in [0.4, 0.5) is 5.82 Å². The van der Waals surface area contributed by atoms with Crippen molar-refractivity contribution >= 4 is 11.7 Å². The summed E-state index contributed by atoms with van der Waals surface area (Å²) in [5.74, 6) is 1.65. The van der Waals surface area contributed by atoms with Gasteiger partial charge in [0.25, 0.3) is 0 Å². The van der Waals surface area contributed by atoms with E-state index in [4.69, 9.17) is 4.74 Å². The van der Waals surface area contributed by atoms with Crippen LogP contribution in [0.2, 0.25) is 0 Å². The first-order valence-corrected chi connectivity index (χ1v) is 6.05. The van der Waals surface area contributed by atoms with Crippen LogP contribution >= 0.6 is 0 Å². The summed E-state index contributed by atoms with van der Waals surface area (Å²) in [6.45, 7) is 6.34. The fraction of sp³-hybridized carbons (Fsp3) is 0.667. The number of amides is 1. The Morgan fingerprint density at radius 3 is 2.67 bits per heavy atom. The van der Waals surface area contributed by atoms with Crippen LogP contribution in [0, 0.1) is 5.92 Å². The molecule has 0 spiro atoms. The number of nitrogens with one attached hydrogen (secondary N) is 2. The molecule has 0 fully saturated rings. The predicted molar refractivity (Wildman–Crippen MR) is 70.7 cm³/mol. The number of rotatable bonds is 6. The van der Waals surface area contributed by atoms with E-state index >= 15 is 0 Å². The van der Waals surface area contributed by atoms with Crippen LogP contribution in [0.3, 0.4) is 0 Å². The number of anilines is 1. The van der Waals surface area contributed by atoms with Gasteiger partial charge in [0, 0.05) is 19.2 Å². The molecule has 6 nitrogen and oxygen atoms in total. The molecule has 0 aliphatic heterocycles. The lowest BCUT2D eigenvalue weighted by atomic mass is 10.1. The molecule has 1 aromatic heterocycles. The van der Waals surface area contributed by atoms with Crippen LogP contribution in [0.5, 0.6) is 5.88 Å². The highest BCUT2D eigenvalue weighted by molar-refractivity contribution is 5.80. The molecule has 6 heteroatoms. The normalized spacial score (nSPS) is 12.3. The van der Waals surface area contributed by atoms with Gasteiger partial charge in [0.1, 0.15) is 0 Å². The van der Waals surface area contributed by atoms with Crippen molar-refractivity contribution in [1.82, 2.24) is 15.1 Å². The molecule has 102 valence electrons. The molecule has 1 heterocycles. The van der Waals surface area contributed by atoms with Gasteiger partial charge in [0.05, 0.1) is 13.7 Å². The number of aryl methyl sites for hydroxylation is 1. The van der Waals surface area contributed by atoms with E-state index in [1.807, 2.05) is 6.92 Å². The zero-order chi connectivity index (χ0) is 13.7. The predicted octanol–water partition coefficient (Wildman–Crippen LogP) is 1.00. The zero-order valence-corrected chi connectivity index (χ0v) is 11.7. The van der Waals surface area contributed by atoms with Crippen molar-refractivity contribution in [2.45, 2.75) is 26.8 Å². The van der Waals surface area contributed by atoms with E-state index in [2.05, 4.69) is 29.6 Å². The third-order valence-electron chi connectivity index (χ3n) is 2.86. The molecule has 0 aromatic carbocycles. The summed E-state index contributed by atoms with van der Waals surface area (Å²) in [6, 6.07) is 1.91. The highest BCUT2D eigenvalue weighted by Crippen LogP contribution is 2.14. The number of carbonyl (C=O) groups excluding carboxylic acids is 1. The van der Waals surface area contributed by atoms with E-state index in [9.17, 15) is 4.79 Å². The van der Waals surface area contributed by atoms with Gasteiger partial charge in [-0.15, -0.1) is 0 Å². The maximum Gasteiger partial charge on any atom is 0.239 e. The van der Waals surface area contributed by atoms with Crippen LogP contribution in [0.15, 0.2) is 6.07 Å². The Morgan fingerprint density at radius 2 is 2.17 bits per heavy atom. The molecule has 0 aliphatic carbocycles. The number of hydrogen-bond acceptors (Lipinski definition) is 4. The van der Waals surface area contributed by atoms with Gasteiger partial charge < -0.3 is 15.4 Å². The molecule has 1 atom stereocenters. The van der Waals surface area contributed by atoms with E-state index in [-0.39, 0.29) is 18.5 Å². The monoisotopic (exact) mass is 254 g/mol. The van der Waals surface area contributed by atoms with Crippen molar-refractivity contribution in [3.63, 3.8) is 0 Å². The van der Waals surface area contributed by atoms with Crippen LogP contribution in [-0.4, -0.2) is 35.4 Å². The lowest BCUT2D eigenvalue weighted by Gasteiger charge is -2.17. The first-order chi connectivity index (χ1) is 8.43. The van der Waals surface area contributed by atoms with Gasteiger partial charge in [-0.25, -0.2) is 4.68 Å². The Kier molecular flexibility index (Phi) is 5.00. The van der Waals surface area contributed by atoms with Crippen molar-refractivity contribution in [1.29, 1.82) is 0 Å². The summed E-state index contributed by atoms with van der Waals surface area (Å²) in [4.78, 5) is 11.7. The maximum atomic E-state index is 11.7. The van der Waals surface area contributed by atoms with Gasteiger partial charge in [-0.05, 0) is 12.8 Å². The standard InChI is InChI=1S/C12H22N4O2/c1-8(2)9(3)14-11(17)7-13-10-6-12(18-5)16(4)15-10/h6,8-9H,7H2,1-5H3,(H,13,15)(H,14,17). The molecular formula is C12H22N4O2. The van der Waals surface area contributed by atoms with Crippen LogP contribution in [0.1, 0.15) is 20.8 Å². The van der Waals surface area contributed by atoms with Gasteiger partial charge in [0.15, 0.2) is 5.82 Å². The smallest absolute Gasteiger partial charge is 0.239 e. The van der Waals surface area contributed by atoms with Crippen LogP contribution < -0.4 is 15.4 Å². The quantitative estimate of drug-likeness (QED) is 0.794. The second-order valence-electron chi connectivity index (χ2n) is 4.65. The van der Waals surface area contributed by atoms with Crippen LogP contribution in [-0.2, 0) is 11.8 Å². The van der Waals surface area contributed by atoms with Crippen molar-refractivity contribution < 1.29 is 9.53 Å². The Bertz CT molecular complexity index is 401. The average Bonchev–Trinajstić information content (AvgIpc) is 2.67. The van der Waals surface area contributed by atoms with Crippen molar-refractivity contribution in [2.24, 2.45) is 13.0 Å². The SMILES string of the molecule is COc1cc(NCC(=O)NC(C)C(C)C)nn1C. The molecule has 2 N–H and O–H groups in total. The largest absolute Gasteiger partial charge is 0.481 e. The second kappa shape index (κ2) is 6.28. The number of carbonyl (C=O) groups is 1.